The average Bonchev–Trinajstić information content (AvgIpc) is 2.72. The van der Waals surface area contributed by atoms with E-state index in [1.54, 1.807) is 22.7 Å². The Kier molecular flexibility index (Phi) is 2.72. The van der Waals surface area contributed by atoms with Gasteiger partial charge in [0, 0.05) is 9.75 Å². The molecule has 0 bridgehead atoms. The highest BCUT2D eigenvalue weighted by Gasteiger charge is 2.14. The zero-order valence-corrected chi connectivity index (χ0v) is 9.55. The summed E-state index contributed by atoms with van der Waals surface area (Å²) >= 11 is 9.78. The van der Waals surface area contributed by atoms with Crippen molar-refractivity contribution < 1.29 is 0 Å². The SMILES string of the molecule is Cc1ccsc1C(Cl)c1cccs1. The van der Waals surface area contributed by atoms with Crippen LogP contribution in [0.25, 0.3) is 0 Å². The molecular weight excluding hydrogens is 220 g/mol. The van der Waals surface area contributed by atoms with Crippen molar-refractivity contribution in [2.24, 2.45) is 0 Å². The molecule has 0 spiro atoms. The smallest absolute Gasteiger partial charge is 0.102 e. The molecule has 0 radical (unpaired) electrons. The quantitative estimate of drug-likeness (QED) is 0.667. The second kappa shape index (κ2) is 3.82. The lowest BCUT2D eigenvalue weighted by Crippen LogP contribution is -1.87. The van der Waals surface area contributed by atoms with Gasteiger partial charge in [-0.25, -0.2) is 0 Å². The second-order valence-corrected chi connectivity index (χ2v) is 5.21. The van der Waals surface area contributed by atoms with Gasteiger partial charge in [-0.1, -0.05) is 6.07 Å². The van der Waals surface area contributed by atoms with Crippen LogP contribution in [0.15, 0.2) is 29.0 Å². The molecule has 0 aliphatic heterocycles. The lowest BCUT2D eigenvalue weighted by atomic mass is 10.2. The van der Waals surface area contributed by atoms with Crippen molar-refractivity contribution in [3.63, 3.8) is 0 Å². The monoisotopic (exact) mass is 228 g/mol. The van der Waals surface area contributed by atoms with Gasteiger partial charge in [0.15, 0.2) is 0 Å². The fourth-order valence-electron chi connectivity index (χ4n) is 1.21. The first-order chi connectivity index (χ1) is 6.29. The van der Waals surface area contributed by atoms with Gasteiger partial charge in [0.1, 0.15) is 5.38 Å². The molecule has 2 aromatic heterocycles. The van der Waals surface area contributed by atoms with Crippen LogP contribution in [-0.4, -0.2) is 0 Å². The van der Waals surface area contributed by atoms with E-state index in [9.17, 15) is 0 Å². The molecule has 13 heavy (non-hydrogen) atoms. The molecule has 0 aromatic carbocycles. The first-order valence-corrected chi connectivity index (χ1v) is 6.20. The van der Waals surface area contributed by atoms with Gasteiger partial charge in [0.2, 0.25) is 0 Å². The number of rotatable bonds is 2. The predicted molar refractivity (Wildman–Crippen MR) is 61.1 cm³/mol. The molecule has 0 saturated carbocycles. The van der Waals surface area contributed by atoms with Gasteiger partial charge < -0.3 is 0 Å². The van der Waals surface area contributed by atoms with Crippen LogP contribution >= 0.6 is 34.3 Å². The zero-order valence-electron chi connectivity index (χ0n) is 7.16. The lowest BCUT2D eigenvalue weighted by molar-refractivity contribution is 1.20. The van der Waals surface area contributed by atoms with Crippen molar-refractivity contribution in [3.8, 4) is 0 Å². The maximum atomic E-state index is 6.34. The summed E-state index contributed by atoms with van der Waals surface area (Å²) in [5.41, 5.74) is 1.29. The predicted octanol–water partition coefficient (Wildman–Crippen LogP) is 4.45. The van der Waals surface area contributed by atoms with E-state index >= 15 is 0 Å². The molecule has 0 N–H and O–H groups in total. The van der Waals surface area contributed by atoms with E-state index in [0.717, 1.165) is 0 Å². The van der Waals surface area contributed by atoms with Crippen molar-refractivity contribution in [1.29, 1.82) is 0 Å². The second-order valence-electron chi connectivity index (χ2n) is 2.85. The molecule has 1 atom stereocenters. The van der Waals surface area contributed by atoms with Crippen molar-refractivity contribution in [1.82, 2.24) is 0 Å². The number of alkyl halides is 1. The normalized spacial score (nSPS) is 13.1. The van der Waals surface area contributed by atoms with E-state index in [0.29, 0.717) is 0 Å². The largest absolute Gasteiger partial charge is 0.147 e. The topological polar surface area (TPSA) is 0 Å². The molecule has 1 unspecified atom stereocenters. The molecule has 2 aromatic rings. The van der Waals surface area contributed by atoms with Crippen molar-refractivity contribution in [3.05, 3.63) is 44.3 Å². The van der Waals surface area contributed by atoms with Gasteiger partial charge in [-0.15, -0.1) is 34.3 Å². The van der Waals surface area contributed by atoms with Crippen LogP contribution in [0.5, 0.6) is 0 Å². The minimum absolute atomic E-state index is 0.0417. The summed E-state index contributed by atoms with van der Waals surface area (Å²) in [5, 5.41) is 4.20. The van der Waals surface area contributed by atoms with Crippen molar-refractivity contribution >= 4 is 34.3 Å². The number of aryl methyl sites for hydroxylation is 1. The van der Waals surface area contributed by atoms with Crippen LogP contribution < -0.4 is 0 Å². The molecule has 0 amide bonds. The van der Waals surface area contributed by atoms with Crippen LogP contribution in [0.2, 0.25) is 0 Å². The average molecular weight is 229 g/mol. The van der Waals surface area contributed by atoms with Gasteiger partial charge in [-0.05, 0) is 35.4 Å². The summed E-state index contributed by atoms with van der Waals surface area (Å²) in [6.45, 7) is 2.11. The fraction of sp³-hybridized carbons (Fsp3) is 0.200. The van der Waals surface area contributed by atoms with Gasteiger partial charge in [-0.2, -0.15) is 0 Å². The Balaban J connectivity index is 2.33. The first-order valence-electron chi connectivity index (χ1n) is 4.00. The molecule has 0 aliphatic carbocycles. The Morgan fingerprint density at radius 3 is 2.62 bits per heavy atom. The summed E-state index contributed by atoms with van der Waals surface area (Å²) in [6, 6.07) is 6.24. The van der Waals surface area contributed by atoms with E-state index in [1.165, 1.54) is 15.3 Å². The minimum Gasteiger partial charge on any atom is -0.147 e. The van der Waals surface area contributed by atoms with Crippen LogP contribution in [0, 0.1) is 6.92 Å². The number of thiophene rings is 2. The van der Waals surface area contributed by atoms with Crippen LogP contribution in [0.3, 0.4) is 0 Å². The van der Waals surface area contributed by atoms with E-state index in [2.05, 4.69) is 29.8 Å². The molecular formula is C10H9ClS2. The Hall–Kier alpha value is -0.310. The first kappa shape index (κ1) is 9.25. The summed E-state index contributed by atoms with van der Waals surface area (Å²) < 4.78 is 0. The van der Waals surface area contributed by atoms with Crippen LogP contribution in [0.1, 0.15) is 20.7 Å². The fourth-order valence-corrected chi connectivity index (χ4v) is 3.46. The molecule has 2 heterocycles. The lowest BCUT2D eigenvalue weighted by Gasteiger charge is -2.05. The summed E-state index contributed by atoms with van der Waals surface area (Å²) in [7, 11) is 0. The molecule has 0 aliphatic rings. The molecule has 0 saturated heterocycles. The van der Waals surface area contributed by atoms with Crippen molar-refractivity contribution in [2.75, 3.05) is 0 Å². The number of halogens is 1. The summed E-state index contributed by atoms with van der Waals surface area (Å²) in [6.07, 6.45) is 0. The number of hydrogen-bond donors (Lipinski definition) is 0. The highest BCUT2D eigenvalue weighted by Crippen LogP contribution is 2.36. The molecule has 3 heteroatoms. The Labute approximate surface area is 90.8 Å². The molecule has 2 rings (SSSR count). The van der Waals surface area contributed by atoms with E-state index in [4.69, 9.17) is 11.6 Å². The molecule has 0 nitrogen and oxygen atoms in total. The van der Waals surface area contributed by atoms with E-state index in [1.807, 2.05) is 6.07 Å². The van der Waals surface area contributed by atoms with Crippen LogP contribution in [-0.2, 0) is 0 Å². The molecule has 68 valence electrons. The van der Waals surface area contributed by atoms with Crippen LogP contribution in [0.4, 0.5) is 0 Å². The Morgan fingerprint density at radius 2 is 2.08 bits per heavy atom. The zero-order chi connectivity index (χ0) is 9.26. The minimum atomic E-state index is 0.0417. The Morgan fingerprint density at radius 1 is 1.23 bits per heavy atom. The molecule has 0 fully saturated rings. The summed E-state index contributed by atoms with van der Waals surface area (Å²) in [4.78, 5) is 2.50. The highest BCUT2D eigenvalue weighted by atomic mass is 35.5. The summed E-state index contributed by atoms with van der Waals surface area (Å²) in [5.74, 6) is 0. The van der Waals surface area contributed by atoms with E-state index < -0.39 is 0 Å². The maximum Gasteiger partial charge on any atom is 0.102 e. The van der Waals surface area contributed by atoms with Gasteiger partial charge >= 0.3 is 0 Å². The number of hydrogen-bond acceptors (Lipinski definition) is 2. The third-order valence-corrected chi connectivity index (χ3v) is 4.66. The van der Waals surface area contributed by atoms with E-state index in [-0.39, 0.29) is 5.38 Å². The third-order valence-electron chi connectivity index (χ3n) is 1.92. The third kappa shape index (κ3) is 1.80. The Bertz CT molecular complexity index is 375. The highest BCUT2D eigenvalue weighted by molar-refractivity contribution is 7.12. The standard InChI is InChI=1S/C10H9ClS2/c1-7-4-6-13-10(7)9(11)8-3-2-5-12-8/h2-6,9H,1H3. The van der Waals surface area contributed by atoms with Gasteiger partial charge in [0.05, 0.1) is 0 Å². The van der Waals surface area contributed by atoms with Gasteiger partial charge in [0.25, 0.3) is 0 Å². The van der Waals surface area contributed by atoms with Gasteiger partial charge in [-0.3, -0.25) is 0 Å². The van der Waals surface area contributed by atoms with Crippen molar-refractivity contribution in [2.45, 2.75) is 12.3 Å². The maximum absolute atomic E-state index is 6.34.